The van der Waals surface area contributed by atoms with Crippen LogP contribution in [0.15, 0.2) is 63.1 Å². The van der Waals surface area contributed by atoms with Gasteiger partial charge in [0, 0.05) is 84.0 Å². The van der Waals surface area contributed by atoms with Crippen molar-refractivity contribution in [2.45, 2.75) is 130 Å². The van der Waals surface area contributed by atoms with Crippen molar-refractivity contribution in [1.29, 1.82) is 0 Å². The topological polar surface area (TPSA) is 953 Å². The molecule has 0 atom stereocenters. The number of ketones is 2. The maximum Gasteiger partial charge on any atom is 0.335 e. The van der Waals surface area contributed by atoms with E-state index in [1.165, 1.54) is 155 Å². The molecule has 120 heavy (non-hydrogen) atoms. The largest absolute Gasteiger partial charge is 0.335 e. The number of H-pyrrole nitrogens is 4. The molecule has 6 rings (SSSR count). The predicted octanol–water partition coefficient (Wildman–Crippen LogP) is -10.4. The Labute approximate surface area is 701 Å². The Balaban J connectivity index is -0.0000000536. The van der Waals surface area contributed by atoms with Gasteiger partial charge in [-0.2, -0.15) is 17.6 Å². The number of halogens is 4. The number of nitrogens with two attached hydrogens (primary N) is 22. The fourth-order valence-corrected chi connectivity index (χ4v) is 6.17. The van der Waals surface area contributed by atoms with Crippen LogP contribution in [0.4, 0.5) is 17.6 Å². The smallest absolute Gasteiger partial charge is 0.333 e. The number of imide groups is 2. The Morgan fingerprint density at radius 1 is 0.275 bits per heavy atom. The van der Waals surface area contributed by atoms with E-state index in [0.717, 1.165) is 36.9 Å². The minimum Gasteiger partial charge on any atom is -0.333 e. The number of hydrogen-bond donors (Lipinski definition) is 26. The van der Waals surface area contributed by atoms with E-state index in [1.807, 2.05) is 15.0 Å². The second-order valence-corrected chi connectivity index (χ2v) is 16.0. The summed E-state index contributed by atoms with van der Waals surface area (Å²) in [6.45, 7) is 3.70. The highest BCUT2D eigenvalue weighted by Crippen LogP contribution is 2.14. The molecule has 0 unspecified atom stereocenters. The standard InChI is InChI=1S/C13H14FN3O6.C11H10FN3O6.C11H15FN2O3.C9H11FN2O3.22CH5N/c14-8-7-16(13(22)15-12(8)21)6-2-1-3-11(20)23-17-9(18)4-5-10(17)19;12-6-5-14(11(20)13-10(6)19)4-3-9(18)21-15-7(16)1-2-8(15)17;1-2-8(15)5-3-4-6-14-7-9(12)10(16)13-11(14)17;1-2-6(13)3-4-12-5-7(10)8(14)11-9(12)15;22*1-2/h7H,1-6H2,(H,15,21,22);5H,1-4H2,(H,13,19,20);7H,2-6H2,1H3,(H,13,16,17);5H,2-4H2,1H3,(H,11,14,15);22*2H2,1H3. The summed E-state index contributed by atoms with van der Waals surface area (Å²) in [7, 11) is 33.0. The van der Waals surface area contributed by atoms with Gasteiger partial charge >= 0.3 is 34.7 Å². The van der Waals surface area contributed by atoms with Crippen LogP contribution in [0.2, 0.25) is 0 Å². The van der Waals surface area contributed by atoms with Gasteiger partial charge in [0.05, 0.1) is 31.2 Å². The fraction of sp³-hybridized carbons (Fsp3) is 0.636. The molecule has 4 aromatic heterocycles. The second-order valence-electron chi connectivity index (χ2n) is 16.0. The summed E-state index contributed by atoms with van der Waals surface area (Å²) in [5.41, 5.74) is 91.7. The molecule has 6 heterocycles. The van der Waals surface area contributed by atoms with Crippen molar-refractivity contribution in [3.63, 3.8) is 0 Å². The Hall–Kier alpha value is -9.88. The number of aromatic amines is 4. The maximum absolute atomic E-state index is 13.1. The van der Waals surface area contributed by atoms with Crippen LogP contribution in [0.1, 0.15) is 104 Å². The first-order valence-corrected chi connectivity index (χ1v) is 35.7. The zero-order chi connectivity index (χ0) is 101. The summed E-state index contributed by atoms with van der Waals surface area (Å²) < 4.78 is 55.5. The number of aromatic nitrogens is 8. The van der Waals surface area contributed by atoms with E-state index in [2.05, 4.69) is 136 Å². The molecule has 0 aromatic carbocycles. The number of Topliss-reactive ketones (excluding diaryl/α,β-unsaturated/α-hetero) is 2. The fourth-order valence-electron chi connectivity index (χ4n) is 6.17. The van der Waals surface area contributed by atoms with E-state index in [9.17, 15) is 94.3 Å². The van der Waals surface area contributed by atoms with Crippen LogP contribution in [0.3, 0.4) is 0 Å². The molecule has 0 spiro atoms. The molecule has 2 saturated heterocycles. The van der Waals surface area contributed by atoms with Crippen molar-refractivity contribution >= 4 is 47.1 Å². The number of carbonyl (C=O) groups excluding carboxylic acids is 8. The van der Waals surface area contributed by atoms with Crippen molar-refractivity contribution in [2.24, 2.45) is 126 Å². The number of hydrogen-bond acceptors (Lipinski definition) is 40. The van der Waals surface area contributed by atoms with Crippen LogP contribution in [0.25, 0.3) is 0 Å². The Bertz CT molecular complexity index is 3350. The zero-order valence-corrected chi connectivity index (χ0v) is 75.3. The number of nitrogens with zero attached hydrogens (tertiary/aromatic N) is 6. The van der Waals surface area contributed by atoms with Crippen LogP contribution < -0.4 is 171 Å². The highest BCUT2D eigenvalue weighted by atomic mass is 19.1. The maximum atomic E-state index is 13.1. The van der Waals surface area contributed by atoms with Gasteiger partial charge < -0.3 is 136 Å². The van der Waals surface area contributed by atoms with E-state index in [-0.39, 0.29) is 76.1 Å². The SMILES string of the molecule is CCC(=O)CCCCn1cc(F)c(=O)[nH]c1=O.CCC(=O)CCn1cc(F)c(=O)[nH]c1=O.CN.CN.CN.CN.CN.CN.CN.CN.CN.CN.CN.CN.CN.CN.CN.CN.CN.CN.CN.CN.CN.CN.O=C(CCCCn1cc(F)c(=O)[nH]c1=O)ON1C(=O)CCC1=O.O=C(CCn1cc(F)c(=O)[nH]c1=O)ON1C(=O)CCC1=O. The van der Waals surface area contributed by atoms with Gasteiger partial charge in [0.2, 0.25) is 23.3 Å². The van der Waals surface area contributed by atoms with Gasteiger partial charge in [-0.05, 0) is 181 Å². The second kappa shape index (κ2) is 138. The highest BCUT2D eigenvalue weighted by Gasteiger charge is 2.34. The lowest BCUT2D eigenvalue weighted by Gasteiger charge is -2.12. The number of unbranched alkanes of at least 4 members (excludes halogenated alkanes) is 2. The van der Waals surface area contributed by atoms with Crippen LogP contribution in [-0.2, 0) is 74.2 Å². The first kappa shape index (κ1) is 161. The average Bonchev–Trinajstić information content (AvgIpc) is 0.934. The van der Waals surface area contributed by atoms with E-state index < -0.39 is 104 Å². The molecule has 720 valence electrons. The third-order valence-electron chi connectivity index (χ3n) is 10.4. The van der Waals surface area contributed by atoms with E-state index in [0.29, 0.717) is 67.8 Å². The van der Waals surface area contributed by atoms with E-state index in [1.54, 1.807) is 18.8 Å². The molecular weight excluding hydrogens is 1600 g/mol. The lowest BCUT2D eigenvalue weighted by atomic mass is 10.1. The Kier molecular flexibility index (Phi) is 186. The number of amides is 4. The third kappa shape index (κ3) is 92.0. The van der Waals surface area contributed by atoms with Crippen molar-refractivity contribution in [3.05, 3.63) is 131 Å². The van der Waals surface area contributed by atoms with Crippen LogP contribution in [-0.4, -0.2) is 251 Å². The first-order valence-electron chi connectivity index (χ1n) is 35.7. The summed E-state index contributed by atoms with van der Waals surface area (Å²) in [4.78, 5) is 195. The molecule has 0 bridgehead atoms. The van der Waals surface area contributed by atoms with Gasteiger partial charge in [-0.25, -0.2) is 28.8 Å². The molecule has 2 aliphatic rings. The van der Waals surface area contributed by atoms with Crippen LogP contribution in [0, 0.1) is 23.3 Å². The van der Waals surface area contributed by atoms with Gasteiger partial charge in [-0.1, -0.05) is 13.8 Å². The molecule has 0 radical (unpaired) electrons. The molecule has 0 saturated carbocycles. The highest BCUT2D eigenvalue weighted by molar-refractivity contribution is 6.02. The molecule has 2 aliphatic heterocycles. The lowest BCUT2D eigenvalue weighted by Crippen LogP contribution is -2.34. The summed E-state index contributed by atoms with van der Waals surface area (Å²) in [6, 6.07) is 0. The first-order chi connectivity index (χ1) is 57.8. The van der Waals surface area contributed by atoms with Crippen LogP contribution in [0.5, 0.6) is 0 Å². The molecule has 48 N–H and O–H groups in total. The number of hydroxylamine groups is 4. The summed E-state index contributed by atoms with van der Waals surface area (Å²) >= 11 is 0. The molecule has 0 aliphatic carbocycles. The third-order valence-corrected chi connectivity index (χ3v) is 10.4. The Morgan fingerprint density at radius 2 is 0.450 bits per heavy atom. The number of rotatable bonds is 20. The Morgan fingerprint density at radius 3 is 0.658 bits per heavy atom. The van der Waals surface area contributed by atoms with Gasteiger partial charge in [0.1, 0.15) is 11.6 Å². The molecule has 54 heteroatoms. The predicted molar refractivity (Wildman–Crippen MR) is 469 cm³/mol. The van der Waals surface area contributed by atoms with Crippen molar-refractivity contribution in [2.75, 3.05) is 155 Å². The van der Waals surface area contributed by atoms with Gasteiger partial charge in [-0.3, -0.25) is 86.1 Å². The molecular formula is C66H160F4N32O18. The van der Waals surface area contributed by atoms with Gasteiger partial charge in [0.15, 0.2) is 0 Å². The number of carbonyl (C=O) groups is 8. The van der Waals surface area contributed by atoms with Crippen molar-refractivity contribution < 1.29 is 65.6 Å². The molecule has 4 aromatic rings. The number of nitrogens with one attached hydrogen (secondary N) is 4. The molecule has 2 fully saturated rings. The van der Waals surface area contributed by atoms with Gasteiger partial charge in [-0.15, -0.1) is 10.1 Å². The van der Waals surface area contributed by atoms with E-state index >= 15 is 0 Å². The lowest BCUT2D eigenvalue weighted by molar-refractivity contribution is -0.197. The van der Waals surface area contributed by atoms with Crippen LogP contribution >= 0.6 is 0 Å². The molecule has 4 amide bonds. The summed E-state index contributed by atoms with van der Waals surface area (Å²) in [6.07, 6.45) is 6.05. The summed E-state index contributed by atoms with van der Waals surface area (Å²) in [5, 5.41) is 0.836. The minimum atomic E-state index is -1.17. The van der Waals surface area contributed by atoms with Crippen molar-refractivity contribution in [3.8, 4) is 0 Å². The monoisotopic (exact) mass is 1770 g/mol. The molecule has 50 nitrogen and oxygen atoms in total. The van der Waals surface area contributed by atoms with Gasteiger partial charge in [0.25, 0.3) is 45.9 Å². The minimum absolute atomic E-state index is 0.0199. The number of aryl methyl sites for hydroxylation is 4. The van der Waals surface area contributed by atoms with E-state index in [4.69, 9.17) is 0 Å². The quantitative estimate of drug-likeness (QED) is 0.0222. The normalized spacial score (nSPS) is 9.18. The van der Waals surface area contributed by atoms with Crippen molar-refractivity contribution in [1.82, 2.24) is 48.3 Å². The average molecular weight is 1770 g/mol. The summed E-state index contributed by atoms with van der Waals surface area (Å²) in [5.74, 6) is -8.14. The zero-order valence-electron chi connectivity index (χ0n) is 75.3.